The molecule has 0 bridgehead atoms. The molecule has 1 aliphatic rings. The van der Waals surface area contributed by atoms with Crippen LogP contribution in [0.2, 0.25) is 0 Å². The normalized spacial score (nSPS) is 23.4. The van der Waals surface area contributed by atoms with Gasteiger partial charge in [0.2, 0.25) is 0 Å². The molecule has 1 fully saturated rings. The Morgan fingerprint density at radius 1 is 1.00 bits per heavy atom. The van der Waals surface area contributed by atoms with Crippen molar-refractivity contribution in [3.63, 3.8) is 0 Å². The second-order valence-electron chi connectivity index (χ2n) is 8.90. The molecule has 0 amide bonds. The third kappa shape index (κ3) is 3.37. The maximum Gasteiger partial charge on any atom is -0.0226 e. The lowest BCUT2D eigenvalue weighted by molar-refractivity contribution is -0.0311. The van der Waals surface area contributed by atoms with Crippen LogP contribution in [-0.2, 0) is 0 Å². The summed E-state index contributed by atoms with van der Waals surface area (Å²) in [5, 5.41) is 0. The predicted octanol–water partition coefficient (Wildman–Crippen LogP) is 6.69. The van der Waals surface area contributed by atoms with E-state index in [-0.39, 0.29) is 0 Å². The maximum absolute atomic E-state index is 2.56. The Bertz CT molecular complexity index is 265. The molecule has 114 valence electrons. The van der Waals surface area contributed by atoms with E-state index in [4.69, 9.17) is 0 Å². The Balaban J connectivity index is 2.87. The van der Waals surface area contributed by atoms with Crippen LogP contribution in [0.5, 0.6) is 0 Å². The van der Waals surface area contributed by atoms with Crippen molar-refractivity contribution in [2.45, 2.75) is 93.9 Å². The fraction of sp³-hybridized carbons (Fsp3) is 1.00. The predicted molar refractivity (Wildman–Crippen MR) is 87.4 cm³/mol. The van der Waals surface area contributed by atoms with Gasteiger partial charge in [-0.3, -0.25) is 0 Å². The number of hydrogen-bond donors (Lipinski definition) is 0. The van der Waals surface area contributed by atoms with E-state index < -0.39 is 0 Å². The molecule has 1 rings (SSSR count). The van der Waals surface area contributed by atoms with Gasteiger partial charge in [0.15, 0.2) is 0 Å². The van der Waals surface area contributed by atoms with Gasteiger partial charge in [-0.15, -0.1) is 0 Å². The SMILES string of the molecule is CCC(CC)(C(C)C1CCC(C)(C)CC1)C(C)(C)C. The fourth-order valence-corrected chi connectivity index (χ4v) is 5.01. The molecule has 0 saturated heterocycles. The topological polar surface area (TPSA) is 0 Å². The van der Waals surface area contributed by atoms with Gasteiger partial charge >= 0.3 is 0 Å². The zero-order chi connectivity index (χ0) is 14.9. The largest absolute Gasteiger partial charge is 0.0648 e. The van der Waals surface area contributed by atoms with Crippen LogP contribution in [0, 0.1) is 28.1 Å². The Kier molecular flexibility index (Phi) is 5.19. The van der Waals surface area contributed by atoms with Gasteiger partial charge in [-0.1, -0.05) is 55.4 Å². The van der Waals surface area contributed by atoms with Gasteiger partial charge in [-0.2, -0.15) is 0 Å². The second kappa shape index (κ2) is 5.78. The first-order chi connectivity index (χ1) is 8.59. The Morgan fingerprint density at radius 2 is 1.42 bits per heavy atom. The molecule has 0 radical (unpaired) electrons. The summed E-state index contributed by atoms with van der Waals surface area (Å²) in [6, 6.07) is 0. The lowest BCUT2D eigenvalue weighted by Gasteiger charge is -2.52. The van der Waals surface area contributed by atoms with Gasteiger partial charge in [0.05, 0.1) is 0 Å². The van der Waals surface area contributed by atoms with Crippen LogP contribution in [0.3, 0.4) is 0 Å². The number of hydrogen-bond acceptors (Lipinski definition) is 0. The fourth-order valence-electron chi connectivity index (χ4n) is 5.01. The highest BCUT2D eigenvalue weighted by Crippen LogP contribution is 2.55. The molecule has 1 atom stereocenters. The molecule has 0 heterocycles. The van der Waals surface area contributed by atoms with Gasteiger partial charge in [0, 0.05) is 0 Å². The van der Waals surface area contributed by atoms with Gasteiger partial charge in [-0.25, -0.2) is 0 Å². The molecule has 1 aliphatic carbocycles. The molecule has 0 N–H and O–H groups in total. The molecule has 0 aromatic carbocycles. The van der Waals surface area contributed by atoms with E-state index in [0.717, 1.165) is 11.8 Å². The van der Waals surface area contributed by atoms with Gasteiger partial charge in [0.1, 0.15) is 0 Å². The van der Waals surface area contributed by atoms with Crippen molar-refractivity contribution in [3.8, 4) is 0 Å². The summed E-state index contributed by atoms with van der Waals surface area (Å²) in [5.74, 6) is 1.81. The van der Waals surface area contributed by atoms with Crippen LogP contribution in [0.15, 0.2) is 0 Å². The highest BCUT2D eigenvalue weighted by atomic mass is 14.5. The Labute approximate surface area is 122 Å². The molecule has 19 heavy (non-hydrogen) atoms. The standard InChI is InChI=1S/C19H38/c1-9-19(10-2,17(4,5)6)15(3)16-11-13-18(7,8)14-12-16/h15-16H,9-14H2,1-8H3. The molecule has 0 aromatic heterocycles. The maximum atomic E-state index is 2.56. The summed E-state index contributed by atoms with van der Waals surface area (Å²) < 4.78 is 0. The highest BCUT2D eigenvalue weighted by molar-refractivity contribution is 4.96. The first kappa shape index (κ1) is 17.1. The van der Waals surface area contributed by atoms with E-state index in [0.29, 0.717) is 16.2 Å². The quantitative estimate of drug-likeness (QED) is 0.531. The molecule has 0 spiro atoms. The van der Waals surface area contributed by atoms with Gasteiger partial charge in [0.25, 0.3) is 0 Å². The average molecular weight is 267 g/mol. The summed E-state index contributed by atoms with van der Waals surface area (Å²) in [7, 11) is 0. The summed E-state index contributed by atoms with van der Waals surface area (Å²) >= 11 is 0. The number of rotatable bonds is 4. The minimum absolute atomic E-state index is 0.420. The van der Waals surface area contributed by atoms with Crippen molar-refractivity contribution >= 4 is 0 Å². The van der Waals surface area contributed by atoms with Crippen LogP contribution in [0.4, 0.5) is 0 Å². The zero-order valence-corrected chi connectivity index (χ0v) is 14.9. The Morgan fingerprint density at radius 3 is 1.74 bits per heavy atom. The van der Waals surface area contributed by atoms with Crippen LogP contribution in [0.1, 0.15) is 93.9 Å². The van der Waals surface area contributed by atoms with Crippen LogP contribution < -0.4 is 0 Å². The molecular formula is C19H38. The van der Waals surface area contributed by atoms with Crippen molar-refractivity contribution in [1.29, 1.82) is 0 Å². The van der Waals surface area contributed by atoms with Crippen molar-refractivity contribution < 1.29 is 0 Å². The molecule has 0 nitrogen and oxygen atoms in total. The van der Waals surface area contributed by atoms with Crippen molar-refractivity contribution in [1.82, 2.24) is 0 Å². The lowest BCUT2D eigenvalue weighted by atomic mass is 9.52. The van der Waals surface area contributed by atoms with Gasteiger partial charge < -0.3 is 0 Å². The summed E-state index contributed by atoms with van der Waals surface area (Å²) in [4.78, 5) is 0. The third-order valence-corrected chi connectivity index (χ3v) is 6.72. The van der Waals surface area contributed by atoms with E-state index in [9.17, 15) is 0 Å². The van der Waals surface area contributed by atoms with E-state index in [1.807, 2.05) is 0 Å². The third-order valence-electron chi connectivity index (χ3n) is 6.72. The van der Waals surface area contributed by atoms with E-state index in [1.54, 1.807) is 0 Å². The average Bonchev–Trinajstić information content (AvgIpc) is 2.29. The smallest absolute Gasteiger partial charge is 0.0226 e. The van der Waals surface area contributed by atoms with E-state index in [2.05, 4.69) is 55.4 Å². The van der Waals surface area contributed by atoms with Crippen molar-refractivity contribution in [2.75, 3.05) is 0 Å². The first-order valence-corrected chi connectivity index (χ1v) is 8.59. The Hall–Kier alpha value is 0. The first-order valence-electron chi connectivity index (χ1n) is 8.59. The molecular weight excluding hydrogens is 228 g/mol. The van der Waals surface area contributed by atoms with Gasteiger partial charge in [-0.05, 0) is 66.6 Å². The van der Waals surface area contributed by atoms with Crippen LogP contribution >= 0.6 is 0 Å². The molecule has 0 aromatic rings. The minimum atomic E-state index is 0.420. The second-order valence-corrected chi connectivity index (χ2v) is 8.90. The monoisotopic (exact) mass is 266 g/mol. The summed E-state index contributed by atoms with van der Waals surface area (Å²) in [6.07, 6.45) is 8.41. The van der Waals surface area contributed by atoms with E-state index >= 15 is 0 Å². The van der Waals surface area contributed by atoms with Crippen LogP contribution in [-0.4, -0.2) is 0 Å². The molecule has 1 unspecified atom stereocenters. The zero-order valence-electron chi connectivity index (χ0n) is 14.9. The lowest BCUT2D eigenvalue weighted by Crippen LogP contribution is -2.44. The molecule has 0 aliphatic heterocycles. The molecule has 1 saturated carbocycles. The summed E-state index contributed by atoms with van der Waals surface area (Å²) in [5.41, 5.74) is 1.53. The van der Waals surface area contributed by atoms with E-state index in [1.165, 1.54) is 38.5 Å². The highest BCUT2D eigenvalue weighted by Gasteiger charge is 2.46. The van der Waals surface area contributed by atoms with Crippen LogP contribution in [0.25, 0.3) is 0 Å². The van der Waals surface area contributed by atoms with Crippen molar-refractivity contribution in [2.24, 2.45) is 28.1 Å². The molecule has 0 heteroatoms. The van der Waals surface area contributed by atoms with Crippen molar-refractivity contribution in [3.05, 3.63) is 0 Å². The summed E-state index contributed by atoms with van der Waals surface area (Å²) in [6.45, 7) is 19.7. The minimum Gasteiger partial charge on any atom is -0.0648 e.